The van der Waals surface area contributed by atoms with E-state index >= 15 is 0 Å². The van der Waals surface area contributed by atoms with Gasteiger partial charge in [0.25, 0.3) is 0 Å². The second-order valence-corrected chi connectivity index (χ2v) is 6.58. The second-order valence-electron chi connectivity index (χ2n) is 5.29. The predicted molar refractivity (Wildman–Crippen MR) is 88.6 cm³/mol. The fraction of sp³-hybridized carbons (Fsp3) is 0.562. The number of rotatable bonds is 5. The van der Waals surface area contributed by atoms with E-state index in [1.54, 1.807) is 0 Å². The minimum Gasteiger partial charge on any atom is -0.466 e. The number of carbonyl (C=O) groups excluding carboxylic acids is 1. The Kier molecular flexibility index (Phi) is 6.52. The quantitative estimate of drug-likeness (QED) is 0.706. The Balaban J connectivity index is 2.23. The summed E-state index contributed by atoms with van der Waals surface area (Å²) in [5.74, 6) is -0.144. The number of hydrogen-bond acceptors (Lipinski definition) is 3. The molecule has 116 valence electrons. The fourth-order valence-electron chi connectivity index (χ4n) is 2.82. The SMILES string of the molecule is CCOC(=O)CC(c1ccc(Cl)cc1Br)N1CCCCC1. The van der Waals surface area contributed by atoms with Crippen molar-refractivity contribution in [1.82, 2.24) is 4.90 Å². The zero-order valence-electron chi connectivity index (χ0n) is 12.3. The molecule has 0 saturated carbocycles. The molecular weight excluding hydrogens is 354 g/mol. The van der Waals surface area contributed by atoms with Crippen molar-refractivity contribution < 1.29 is 9.53 Å². The molecule has 1 aliphatic rings. The molecule has 1 aromatic carbocycles. The van der Waals surface area contributed by atoms with E-state index in [1.807, 2.05) is 25.1 Å². The van der Waals surface area contributed by atoms with Crippen LogP contribution in [0.2, 0.25) is 5.02 Å². The summed E-state index contributed by atoms with van der Waals surface area (Å²) in [5, 5.41) is 0.694. The minimum absolute atomic E-state index is 0.0518. The van der Waals surface area contributed by atoms with E-state index in [4.69, 9.17) is 16.3 Å². The van der Waals surface area contributed by atoms with Gasteiger partial charge in [-0.25, -0.2) is 0 Å². The summed E-state index contributed by atoms with van der Waals surface area (Å²) in [4.78, 5) is 14.3. The predicted octanol–water partition coefficient (Wildman–Crippen LogP) is 4.58. The molecular formula is C16H21BrClNO2. The van der Waals surface area contributed by atoms with E-state index in [2.05, 4.69) is 20.8 Å². The van der Waals surface area contributed by atoms with Crippen molar-refractivity contribution in [3.63, 3.8) is 0 Å². The van der Waals surface area contributed by atoms with Crippen molar-refractivity contribution in [2.45, 2.75) is 38.6 Å². The molecule has 0 radical (unpaired) electrons. The molecule has 1 saturated heterocycles. The number of esters is 1. The maximum atomic E-state index is 12.0. The first kappa shape index (κ1) is 16.8. The van der Waals surface area contributed by atoms with E-state index in [1.165, 1.54) is 19.3 Å². The van der Waals surface area contributed by atoms with E-state index in [-0.39, 0.29) is 12.0 Å². The van der Waals surface area contributed by atoms with E-state index in [9.17, 15) is 4.79 Å². The van der Waals surface area contributed by atoms with Crippen molar-refractivity contribution in [2.24, 2.45) is 0 Å². The van der Waals surface area contributed by atoms with Crippen LogP contribution < -0.4 is 0 Å². The topological polar surface area (TPSA) is 29.5 Å². The Morgan fingerprint density at radius 1 is 1.38 bits per heavy atom. The number of nitrogens with zero attached hydrogens (tertiary/aromatic N) is 1. The molecule has 1 aromatic rings. The van der Waals surface area contributed by atoms with Crippen LogP contribution >= 0.6 is 27.5 Å². The largest absolute Gasteiger partial charge is 0.466 e. The van der Waals surface area contributed by atoms with Gasteiger partial charge >= 0.3 is 5.97 Å². The van der Waals surface area contributed by atoms with E-state index in [0.717, 1.165) is 23.1 Å². The van der Waals surface area contributed by atoms with Crippen molar-refractivity contribution >= 4 is 33.5 Å². The number of carbonyl (C=O) groups is 1. The molecule has 21 heavy (non-hydrogen) atoms. The highest BCUT2D eigenvalue weighted by atomic mass is 79.9. The Morgan fingerprint density at radius 2 is 2.10 bits per heavy atom. The van der Waals surface area contributed by atoms with Crippen LogP contribution in [0.25, 0.3) is 0 Å². The first-order valence-corrected chi connectivity index (χ1v) is 8.63. The van der Waals surface area contributed by atoms with Crippen LogP contribution in [0.1, 0.15) is 44.2 Å². The molecule has 1 heterocycles. The van der Waals surface area contributed by atoms with Gasteiger partial charge in [-0.3, -0.25) is 9.69 Å². The lowest BCUT2D eigenvalue weighted by atomic mass is 9.99. The first-order valence-electron chi connectivity index (χ1n) is 7.46. The molecule has 0 N–H and O–H groups in total. The average Bonchev–Trinajstić information content (AvgIpc) is 2.47. The summed E-state index contributed by atoms with van der Waals surface area (Å²) >= 11 is 9.61. The van der Waals surface area contributed by atoms with Gasteiger partial charge in [-0.15, -0.1) is 0 Å². The summed E-state index contributed by atoms with van der Waals surface area (Å²) in [6.45, 7) is 4.32. The van der Waals surface area contributed by atoms with Gasteiger partial charge in [-0.05, 0) is 50.6 Å². The van der Waals surface area contributed by atoms with Crippen LogP contribution in [0.3, 0.4) is 0 Å². The molecule has 3 nitrogen and oxygen atoms in total. The maximum absolute atomic E-state index is 12.0. The number of hydrogen-bond donors (Lipinski definition) is 0. The lowest BCUT2D eigenvalue weighted by Crippen LogP contribution is -2.35. The maximum Gasteiger partial charge on any atom is 0.307 e. The number of halogens is 2. The van der Waals surface area contributed by atoms with Gasteiger partial charge in [0.05, 0.1) is 13.0 Å². The number of likely N-dealkylation sites (tertiary alicyclic amines) is 1. The molecule has 0 bridgehead atoms. The zero-order valence-corrected chi connectivity index (χ0v) is 14.6. The highest BCUT2D eigenvalue weighted by Crippen LogP contribution is 2.34. The summed E-state index contributed by atoms with van der Waals surface area (Å²) in [6.07, 6.45) is 4.02. The van der Waals surface area contributed by atoms with Crippen LogP contribution in [0.15, 0.2) is 22.7 Å². The molecule has 0 amide bonds. The molecule has 1 fully saturated rings. The third-order valence-electron chi connectivity index (χ3n) is 3.82. The average molecular weight is 375 g/mol. The highest BCUT2D eigenvalue weighted by molar-refractivity contribution is 9.10. The lowest BCUT2D eigenvalue weighted by Gasteiger charge is -2.35. The smallest absolute Gasteiger partial charge is 0.307 e. The normalized spacial score (nSPS) is 17.5. The Bertz CT molecular complexity index is 489. The molecule has 5 heteroatoms. The summed E-state index contributed by atoms with van der Waals surface area (Å²) in [7, 11) is 0. The molecule has 2 rings (SSSR count). The molecule has 1 aliphatic heterocycles. The van der Waals surface area contributed by atoms with Gasteiger partial charge in [-0.1, -0.05) is 40.0 Å². The van der Waals surface area contributed by atoms with Gasteiger partial charge in [0, 0.05) is 15.5 Å². The molecule has 0 spiro atoms. The highest BCUT2D eigenvalue weighted by Gasteiger charge is 2.26. The fourth-order valence-corrected chi connectivity index (χ4v) is 3.76. The summed E-state index contributed by atoms with van der Waals surface area (Å²) in [5.41, 5.74) is 1.11. The van der Waals surface area contributed by atoms with Crippen molar-refractivity contribution in [1.29, 1.82) is 0 Å². The summed E-state index contributed by atoms with van der Waals surface area (Å²) < 4.78 is 6.09. The lowest BCUT2D eigenvalue weighted by molar-refractivity contribution is -0.144. The number of piperidine rings is 1. The Hall–Kier alpha value is -0.580. The zero-order chi connectivity index (χ0) is 15.2. The number of ether oxygens (including phenoxy) is 1. The van der Waals surface area contributed by atoms with Crippen LogP contribution in [-0.4, -0.2) is 30.6 Å². The first-order chi connectivity index (χ1) is 10.1. The van der Waals surface area contributed by atoms with Crippen molar-refractivity contribution in [3.05, 3.63) is 33.3 Å². The molecule has 0 aromatic heterocycles. The third-order valence-corrected chi connectivity index (χ3v) is 4.74. The monoisotopic (exact) mass is 373 g/mol. The van der Waals surface area contributed by atoms with Crippen molar-refractivity contribution in [3.8, 4) is 0 Å². The molecule has 1 unspecified atom stereocenters. The van der Waals surface area contributed by atoms with Gasteiger partial charge < -0.3 is 4.74 Å². The van der Waals surface area contributed by atoms with Gasteiger partial charge in [-0.2, -0.15) is 0 Å². The molecule has 1 atom stereocenters. The molecule has 0 aliphatic carbocycles. The van der Waals surface area contributed by atoms with Crippen LogP contribution in [-0.2, 0) is 9.53 Å². The van der Waals surface area contributed by atoms with Crippen LogP contribution in [0, 0.1) is 0 Å². The Labute approximate surface area is 139 Å². The number of benzene rings is 1. The standard InChI is InChI=1S/C16H21BrClNO2/c1-2-21-16(20)11-15(19-8-4-3-5-9-19)13-7-6-12(18)10-14(13)17/h6-7,10,15H,2-5,8-9,11H2,1H3. The summed E-state index contributed by atoms with van der Waals surface area (Å²) in [6, 6.07) is 5.82. The van der Waals surface area contributed by atoms with Crippen molar-refractivity contribution in [2.75, 3.05) is 19.7 Å². The van der Waals surface area contributed by atoms with Gasteiger partial charge in [0.2, 0.25) is 0 Å². The second kappa shape index (κ2) is 8.16. The third kappa shape index (κ3) is 4.70. The van der Waals surface area contributed by atoms with Crippen LogP contribution in [0.5, 0.6) is 0 Å². The Morgan fingerprint density at radius 3 is 2.71 bits per heavy atom. The minimum atomic E-state index is -0.144. The van der Waals surface area contributed by atoms with E-state index < -0.39 is 0 Å². The van der Waals surface area contributed by atoms with Crippen LogP contribution in [0.4, 0.5) is 0 Å². The van der Waals surface area contributed by atoms with Gasteiger partial charge in [0.15, 0.2) is 0 Å². The van der Waals surface area contributed by atoms with Gasteiger partial charge in [0.1, 0.15) is 0 Å². The van der Waals surface area contributed by atoms with E-state index in [0.29, 0.717) is 18.1 Å².